The van der Waals surface area contributed by atoms with Gasteiger partial charge in [-0.3, -0.25) is 4.90 Å². The van der Waals surface area contributed by atoms with Crippen molar-refractivity contribution in [2.24, 2.45) is 0 Å². The standard InChI is InChI=1S/C20H28BrFN2O2/c1-19(2,3)26-18(25)23-9-6-20(7-10-23)5-4-8-24(20)14-15-11-16(21)13-17(22)12-15/h11-13H,4-10,14H2,1-3H3. The van der Waals surface area contributed by atoms with Crippen molar-refractivity contribution in [2.75, 3.05) is 19.6 Å². The highest BCUT2D eigenvalue weighted by molar-refractivity contribution is 9.10. The largest absolute Gasteiger partial charge is 0.444 e. The van der Waals surface area contributed by atoms with Crippen molar-refractivity contribution in [1.82, 2.24) is 9.80 Å². The Morgan fingerprint density at radius 2 is 1.88 bits per heavy atom. The average molecular weight is 427 g/mol. The summed E-state index contributed by atoms with van der Waals surface area (Å²) in [6.45, 7) is 8.91. The molecule has 2 aliphatic rings. The number of piperidine rings is 1. The first kappa shape index (κ1) is 19.6. The number of benzene rings is 1. The average Bonchev–Trinajstić information content (AvgIpc) is 2.87. The summed E-state index contributed by atoms with van der Waals surface area (Å²) in [5.74, 6) is -0.206. The molecule has 1 aromatic rings. The van der Waals surface area contributed by atoms with Crippen LogP contribution in [0.4, 0.5) is 9.18 Å². The van der Waals surface area contributed by atoms with Crippen LogP contribution in [0.1, 0.15) is 52.0 Å². The van der Waals surface area contributed by atoms with Gasteiger partial charge in [0.05, 0.1) is 0 Å². The molecule has 1 aromatic carbocycles. The van der Waals surface area contributed by atoms with Crippen LogP contribution in [-0.4, -0.2) is 46.7 Å². The van der Waals surface area contributed by atoms with Crippen LogP contribution in [0.5, 0.6) is 0 Å². The van der Waals surface area contributed by atoms with Gasteiger partial charge in [0.15, 0.2) is 0 Å². The molecule has 1 amide bonds. The van der Waals surface area contributed by atoms with E-state index in [4.69, 9.17) is 4.74 Å². The fourth-order valence-corrected chi connectivity index (χ4v) is 4.67. The second kappa shape index (κ2) is 7.47. The number of carbonyl (C=O) groups is 1. The van der Waals surface area contributed by atoms with E-state index in [1.165, 1.54) is 6.07 Å². The topological polar surface area (TPSA) is 32.8 Å². The number of nitrogens with zero attached hydrogens (tertiary/aromatic N) is 2. The van der Waals surface area contributed by atoms with E-state index in [1.807, 2.05) is 31.7 Å². The number of rotatable bonds is 2. The fraction of sp³-hybridized carbons (Fsp3) is 0.650. The van der Waals surface area contributed by atoms with Crippen molar-refractivity contribution in [3.63, 3.8) is 0 Å². The number of hydrogen-bond acceptors (Lipinski definition) is 3. The van der Waals surface area contributed by atoms with E-state index in [-0.39, 0.29) is 17.4 Å². The third-order valence-electron chi connectivity index (χ3n) is 5.38. The Balaban J connectivity index is 1.64. The van der Waals surface area contributed by atoms with Gasteiger partial charge in [0.25, 0.3) is 0 Å². The van der Waals surface area contributed by atoms with E-state index in [1.54, 1.807) is 6.07 Å². The minimum Gasteiger partial charge on any atom is -0.444 e. The maximum absolute atomic E-state index is 13.7. The fourth-order valence-electron chi connectivity index (χ4n) is 4.16. The van der Waals surface area contributed by atoms with Gasteiger partial charge in [-0.1, -0.05) is 15.9 Å². The van der Waals surface area contributed by atoms with Crippen LogP contribution in [0.3, 0.4) is 0 Å². The molecule has 6 heteroatoms. The van der Waals surface area contributed by atoms with E-state index in [9.17, 15) is 9.18 Å². The molecule has 2 aliphatic heterocycles. The van der Waals surface area contributed by atoms with Gasteiger partial charge in [-0.15, -0.1) is 0 Å². The summed E-state index contributed by atoms with van der Waals surface area (Å²) < 4.78 is 20.0. The monoisotopic (exact) mass is 426 g/mol. The quantitative estimate of drug-likeness (QED) is 0.670. The normalized spacial score (nSPS) is 20.6. The first-order chi connectivity index (χ1) is 12.2. The van der Waals surface area contributed by atoms with Crippen molar-refractivity contribution in [3.8, 4) is 0 Å². The molecule has 0 atom stereocenters. The number of hydrogen-bond donors (Lipinski definition) is 0. The van der Waals surface area contributed by atoms with Gasteiger partial charge in [0, 0.05) is 29.6 Å². The zero-order valence-electron chi connectivity index (χ0n) is 15.9. The van der Waals surface area contributed by atoms with Crippen molar-refractivity contribution < 1.29 is 13.9 Å². The molecular formula is C20H28BrFN2O2. The molecule has 0 aliphatic carbocycles. The van der Waals surface area contributed by atoms with E-state index < -0.39 is 5.60 Å². The van der Waals surface area contributed by atoms with Crippen molar-refractivity contribution in [3.05, 3.63) is 34.1 Å². The lowest BCUT2D eigenvalue weighted by Gasteiger charge is -2.45. The summed E-state index contributed by atoms with van der Waals surface area (Å²) >= 11 is 3.38. The van der Waals surface area contributed by atoms with Crippen LogP contribution >= 0.6 is 15.9 Å². The highest BCUT2D eigenvalue weighted by Gasteiger charge is 2.44. The Morgan fingerprint density at radius 3 is 2.50 bits per heavy atom. The zero-order chi connectivity index (χ0) is 18.9. The van der Waals surface area contributed by atoms with Gasteiger partial charge in [0.2, 0.25) is 0 Å². The minimum atomic E-state index is -0.462. The smallest absolute Gasteiger partial charge is 0.410 e. The zero-order valence-corrected chi connectivity index (χ0v) is 17.4. The van der Waals surface area contributed by atoms with Crippen molar-refractivity contribution in [1.29, 1.82) is 0 Å². The number of halogens is 2. The summed E-state index contributed by atoms with van der Waals surface area (Å²) in [6.07, 6.45) is 3.98. The predicted octanol–water partition coefficient (Wildman–Crippen LogP) is 4.95. The van der Waals surface area contributed by atoms with E-state index in [0.29, 0.717) is 0 Å². The molecule has 0 saturated carbocycles. The highest BCUT2D eigenvalue weighted by Crippen LogP contribution is 2.39. The van der Waals surface area contributed by atoms with Crippen LogP contribution in [0.25, 0.3) is 0 Å². The first-order valence-electron chi connectivity index (χ1n) is 9.35. The lowest BCUT2D eigenvalue weighted by atomic mass is 9.85. The molecule has 4 nitrogen and oxygen atoms in total. The molecule has 144 valence electrons. The van der Waals surface area contributed by atoms with Gasteiger partial charge >= 0.3 is 6.09 Å². The van der Waals surface area contributed by atoms with Crippen LogP contribution < -0.4 is 0 Å². The molecule has 0 N–H and O–H groups in total. The van der Waals surface area contributed by atoms with Gasteiger partial charge in [-0.05, 0) is 76.8 Å². The van der Waals surface area contributed by atoms with Gasteiger partial charge < -0.3 is 9.64 Å². The minimum absolute atomic E-state index is 0.122. The third-order valence-corrected chi connectivity index (χ3v) is 5.84. The first-order valence-corrected chi connectivity index (χ1v) is 10.1. The Labute approximate surface area is 163 Å². The third kappa shape index (κ3) is 4.58. The summed E-state index contributed by atoms with van der Waals surface area (Å²) in [6, 6.07) is 5.10. The Morgan fingerprint density at radius 1 is 1.19 bits per heavy atom. The van der Waals surface area contributed by atoms with Gasteiger partial charge in [0.1, 0.15) is 11.4 Å². The summed E-state index contributed by atoms with van der Waals surface area (Å²) in [5.41, 5.74) is 0.654. The summed E-state index contributed by atoms with van der Waals surface area (Å²) in [5, 5.41) is 0. The molecule has 2 saturated heterocycles. The number of amides is 1. The second-order valence-corrected chi connectivity index (χ2v) is 9.41. The molecule has 0 aromatic heterocycles. The number of ether oxygens (including phenoxy) is 1. The number of likely N-dealkylation sites (tertiary alicyclic amines) is 2. The molecule has 2 fully saturated rings. The lowest BCUT2D eigenvalue weighted by molar-refractivity contribution is 0.00163. The van der Waals surface area contributed by atoms with Crippen LogP contribution in [0.2, 0.25) is 0 Å². The van der Waals surface area contributed by atoms with Crippen LogP contribution in [-0.2, 0) is 11.3 Å². The van der Waals surface area contributed by atoms with E-state index in [2.05, 4.69) is 20.8 Å². The lowest BCUT2D eigenvalue weighted by Crippen LogP contribution is -2.53. The molecule has 26 heavy (non-hydrogen) atoms. The number of carbonyl (C=O) groups excluding carboxylic acids is 1. The Bertz CT molecular complexity index is 646. The van der Waals surface area contributed by atoms with Crippen LogP contribution in [0, 0.1) is 5.82 Å². The molecule has 0 unspecified atom stereocenters. The van der Waals surface area contributed by atoms with Gasteiger partial charge in [-0.2, -0.15) is 0 Å². The summed E-state index contributed by atoms with van der Waals surface area (Å²) in [4.78, 5) is 16.6. The van der Waals surface area contributed by atoms with E-state index in [0.717, 1.165) is 61.9 Å². The highest BCUT2D eigenvalue weighted by atomic mass is 79.9. The predicted molar refractivity (Wildman–Crippen MR) is 104 cm³/mol. The summed E-state index contributed by atoms with van der Waals surface area (Å²) in [7, 11) is 0. The van der Waals surface area contributed by atoms with Gasteiger partial charge in [-0.25, -0.2) is 9.18 Å². The maximum Gasteiger partial charge on any atom is 0.410 e. The molecule has 0 bridgehead atoms. The Hall–Kier alpha value is -1.14. The molecule has 2 heterocycles. The van der Waals surface area contributed by atoms with E-state index >= 15 is 0 Å². The Kier molecular flexibility index (Phi) is 5.63. The SMILES string of the molecule is CC(C)(C)OC(=O)N1CCC2(CCCN2Cc2cc(F)cc(Br)c2)CC1. The van der Waals surface area contributed by atoms with Crippen LogP contribution in [0.15, 0.2) is 22.7 Å². The molecule has 0 radical (unpaired) electrons. The van der Waals surface area contributed by atoms with Crippen molar-refractivity contribution >= 4 is 22.0 Å². The maximum atomic E-state index is 13.7. The molecular weight excluding hydrogens is 399 g/mol. The molecule has 1 spiro atoms. The van der Waals surface area contributed by atoms with Crippen molar-refractivity contribution in [2.45, 2.75) is 64.1 Å². The molecule has 3 rings (SSSR count). The second-order valence-electron chi connectivity index (χ2n) is 8.49.